The molecule has 0 saturated heterocycles. The van der Waals surface area contributed by atoms with Crippen molar-refractivity contribution in [2.75, 3.05) is 5.32 Å². The molecule has 0 saturated carbocycles. The van der Waals surface area contributed by atoms with Crippen molar-refractivity contribution in [2.45, 2.75) is 0 Å². The number of nitrogens with one attached hydrogen (secondary N) is 1. The molecule has 0 radical (unpaired) electrons. The van der Waals surface area contributed by atoms with Crippen LogP contribution in [0.15, 0.2) is 41.4 Å². The lowest BCUT2D eigenvalue weighted by molar-refractivity contribution is 0.0996. The second kappa shape index (κ2) is 3.69. The summed E-state index contributed by atoms with van der Waals surface area (Å²) in [5, 5.41) is 2.56. The van der Waals surface area contributed by atoms with E-state index in [1.807, 2.05) is 0 Å². The first kappa shape index (κ1) is 8.43. The van der Waals surface area contributed by atoms with Gasteiger partial charge in [0.25, 0.3) is 5.91 Å². The van der Waals surface area contributed by atoms with Crippen LogP contribution < -0.4 is 5.32 Å². The Kier molecular flexibility index (Phi) is 2.22. The van der Waals surface area contributed by atoms with E-state index in [4.69, 9.17) is 4.42 Å². The van der Waals surface area contributed by atoms with E-state index in [9.17, 15) is 4.79 Å². The molecule has 1 amide bonds. The van der Waals surface area contributed by atoms with Crippen LogP contribution >= 0.6 is 0 Å². The summed E-state index contributed by atoms with van der Waals surface area (Å²) >= 11 is 0. The van der Waals surface area contributed by atoms with Gasteiger partial charge < -0.3 is 9.73 Å². The smallest absolute Gasteiger partial charge is 0.292 e. The molecule has 0 aliphatic rings. The van der Waals surface area contributed by atoms with Gasteiger partial charge in [-0.25, -0.2) is 9.97 Å². The molecule has 2 aromatic rings. The van der Waals surface area contributed by atoms with Crippen molar-refractivity contribution in [2.24, 2.45) is 0 Å². The highest BCUT2D eigenvalue weighted by Crippen LogP contribution is 2.04. The summed E-state index contributed by atoms with van der Waals surface area (Å²) in [5.74, 6) is 0.374. The summed E-state index contributed by atoms with van der Waals surface area (Å²) in [6, 6.07) is 4.83. The maximum atomic E-state index is 11.4. The summed E-state index contributed by atoms with van der Waals surface area (Å²) in [6.07, 6.45) is 4.34. The van der Waals surface area contributed by atoms with Crippen LogP contribution in [-0.2, 0) is 0 Å². The molecule has 2 rings (SSSR count). The molecule has 2 heterocycles. The van der Waals surface area contributed by atoms with Gasteiger partial charge in [0, 0.05) is 6.20 Å². The van der Waals surface area contributed by atoms with E-state index in [0.717, 1.165) is 0 Å². The molecule has 0 aliphatic carbocycles. The summed E-state index contributed by atoms with van der Waals surface area (Å²) in [5.41, 5.74) is 0. The molecule has 70 valence electrons. The first-order valence-corrected chi connectivity index (χ1v) is 3.97. The lowest BCUT2D eigenvalue weighted by atomic mass is 10.4. The highest BCUT2D eigenvalue weighted by molar-refractivity contribution is 6.01. The summed E-state index contributed by atoms with van der Waals surface area (Å²) in [4.78, 5) is 19.0. The largest absolute Gasteiger partial charge is 0.459 e. The maximum Gasteiger partial charge on any atom is 0.292 e. The van der Waals surface area contributed by atoms with Crippen molar-refractivity contribution in [3.8, 4) is 0 Å². The van der Waals surface area contributed by atoms with Crippen molar-refractivity contribution < 1.29 is 9.21 Å². The number of amides is 1. The standard InChI is InChI=1S/C9H7N3O2/c13-9(7-2-1-5-14-7)12-8-3-4-10-6-11-8/h1-6H,(H,10,11,12,13). The third-order valence-electron chi connectivity index (χ3n) is 1.57. The zero-order valence-electron chi connectivity index (χ0n) is 7.18. The molecule has 0 atom stereocenters. The number of carbonyl (C=O) groups is 1. The molecule has 0 spiro atoms. The molecule has 0 unspecified atom stereocenters. The van der Waals surface area contributed by atoms with Gasteiger partial charge in [0.1, 0.15) is 12.1 Å². The Morgan fingerprint density at radius 1 is 1.43 bits per heavy atom. The minimum Gasteiger partial charge on any atom is -0.459 e. The second-order valence-corrected chi connectivity index (χ2v) is 2.53. The number of aromatic nitrogens is 2. The fourth-order valence-electron chi connectivity index (χ4n) is 0.950. The average Bonchev–Trinajstić information content (AvgIpc) is 2.72. The van der Waals surface area contributed by atoms with E-state index < -0.39 is 0 Å². The Bertz CT molecular complexity index is 411. The number of rotatable bonds is 2. The zero-order chi connectivity index (χ0) is 9.80. The zero-order valence-corrected chi connectivity index (χ0v) is 7.18. The molecular weight excluding hydrogens is 182 g/mol. The third-order valence-corrected chi connectivity index (χ3v) is 1.57. The third kappa shape index (κ3) is 1.77. The van der Waals surface area contributed by atoms with Crippen LogP contribution in [0.1, 0.15) is 10.6 Å². The highest BCUT2D eigenvalue weighted by atomic mass is 16.3. The van der Waals surface area contributed by atoms with Gasteiger partial charge in [-0.15, -0.1) is 0 Å². The molecule has 0 bridgehead atoms. The minimum atomic E-state index is -0.325. The van der Waals surface area contributed by atoms with Crippen molar-refractivity contribution >= 4 is 11.7 Å². The quantitative estimate of drug-likeness (QED) is 0.773. The molecule has 5 heteroatoms. The molecule has 2 aromatic heterocycles. The van der Waals surface area contributed by atoms with Crippen LogP contribution in [0.4, 0.5) is 5.82 Å². The number of carbonyl (C=O) groups excluding carboxylic acids is 1. The van der Waals surface area contributed by atoms with Crippen LogP contribution in [0.25, 0.3) is 0 Å². The molecule has 0 aromatic carbocycles. The van der Waals surface area contributed by atoms with E-state index in [-0.39, 0.29) is 11.7 Å². The van der Waals surface area contributed by atoms with E-state index in [1.165, 1.54) is 12.6 Å². The average molecular weight is 189 g/mol. The van der Waals surface area contributed by atoms with Gasteiger partial charge in [-0.2, -0.15) is 0 Å². The van der Waals surface area contributed by atoms with Crippen molar-refractivity contribution in [1.29, 1.82) is 0 Å². The molecular formula is C9H7N3O2. The molecule has 5 nitrogen and oxygen atoms in total. The Hall–Kier alpha value is -2.17. The Labute approximate surface area is 79.8 Å². The van der Waals surface area contributed by atoms with Gasteiger partial charge in [-0.3, -0.25) is 4.79 Å². The maximum absolute atomic E-state index is 11.4. The van der Waals surface area contributed by atoms with Crippen LogP contribution in [0.2, 0.25) is 0 Å². The van der Waals surface area contributed by atoms with Gasteiger partial charge >= 0.3 is 0 Å². The van der Waals surface area contributed by atoms with Gasteiger partial charge in [0.15, 0.2) is 5.76 Å². The number of furan rings is 1. The number of nitrogens with zero attached hydrogens (tertiary/aromatic N) is 2. The first-order chi connectivity index (χ1) is 6.86. The van der Waals surface area contributed by atoms with Crippen LogP contribution in [0, 0.1) is 0 Å². The molecule has 0 fully saturated rings. The lowest BCUT2D eigenvalue weighted by Gasteiger charge is -1.99. The van der Waals surface area contributed by atoms with Gasteiger partial charge in [-0.1, -0.05) is 0 Å². The predicted molar refractivity (Wildman–Crippen MR) is 48.7 cm³/mol. The summed E-state index contributed by atoms with van der Waals surface area (Å²) in [7, 11) is 0. The molecule has 0 aliphatic heterocycles. The van der Waals surface area contributed by atoms with Crippen molar-refractivity contribution in [3.05, 3.63) is 42.7 Å². The number of anilines is 1. The lowest BCUT2D eigenvalue weighted by Crippen LogP contribution is -2.11. The minimum absolute atomic E-state index is 0.253. The van der Waals surface area contributed by atoms with Crippen LogP contribution in [0.3, 0.4) is 0 Å². The highest BCUT2D eigenvalue weighted by Gasteiger charge is 2.08. The van der Waals surface area contributed by atoms with Gasteiger partial charge in [0.2, 0.25) is 0 Å². The normalized spacial score (nSPS) is 9.71. The van der Waals surface area contributed by atoms with E-state index in [0.29, 0.717) is 5.82 Å². The predicted octanol–water partition coefficient (Wildman–Crippen LogP) is 1.32. The topological polar surface area (TPSA) is 68.0 Å². The molecule has 1 N–H and O–H groups in total. The monoisotopic (exact) mass is 189 g/mol. The van der Waals surface area contributed by atoms with Crippen LogP contribution in [0.5, 0.6) is 0 Å². The fourth-order valence-corrected chi connectivity index (χ4v) is 0.950. The van der Waals surface area contributed by atoms with Gasteiger partial charge in [-0.05, 0) is 18.2 Å². The second-order valence-electron chi connectivity index (χ2n) is 2.53. The van der Waals surface area contributed by atoms with E-state index >= 15 is 0 Å². The van der Waals surface area contributed by atoms with Crippen molar-refractivity contribution in [3.63, 3.8) is 0 Å². The van der Waals surface area contributed by atoms with E-state index in [1.54, 1.807) is 24.4 Å². The fraction of sp³-hybridized carbons (Fsp3) is 0. The van der Waals surface area contributed by atoms with Crippen molar-refractivity contribution in [1.82, 2.24) is 9.97 Å². The SMILES string of the molecule is O=C(Nc1ccncn1)c1ccco1. The van der Waals surface area contributed by atoms with Crippen LogP contribution in [-0.4, -0.2) is 15.9 Å². The number of hydrogen-bond acceptors (Lipinski definition) is 4. The Balaban J connectivity index is 2.10. The summed E-state index contributed by atoms with van der Waals surface area (Å²) < 4.78 is 4.91. The Morgan fingerprint density at radius 2 is 2.36 bits per heavy atom. The summed E-state index contributed by atoms with van der Waals surface area (Å²) in [6.45, 7) is 0. The number of hydrogen-bond donors (Lipinski definition) is 1. The molecule has 14 heavy (non-hydrogen) atoms. The van der Waals surface area contributed by atoms with E-state index in [2.05, 4.69) is 15.3 Å². The Morgan fingerprint density at radius 3 is 3.00 bits per heavy atom. The first-order valence-electron chi connectivity index (χ1n) is 3.97. The van der Waals surface area contributed by atoms with Gasteiger partial charge in [0.05, 0.1) is 6.26 Å².